The number of halogens is 1. The minimum absolute atomic E-state index is 0.0915. The van der Waals surface area contributed by atoms with Crippen LogP contribution < -0.4 is 4.90 Å². The average Bonchev–Trinajstić information content (AvgIpc) is 3.37. The van der Waals surface area contributed by atoms with E-state index in [1.54, 1.807) is 18.2 Å². The number of carbonyl (C=O) groups is 3. The number of β-amino-alcohol motifs (C(OH)–C–C–N with tert-alkyl or cyclic N) is 1. The number of benzene rings is 1. The number of para-hydroxylation sites is 1. The number of anilines is 1. The van der Waals surface area contributed by atoms with Gasteiger partial charge in [-0.25, -0.2) is 0 Å². The lowest BCUT2D eigenvalue weighted by Crippen LogP contribution is -2.57. The molecule has 9 heteroatoms. The van der Waals surface area contributed by atoms with E-state index in [-0.39, 0.29) is 19.7 Å². The zero-order valence-electron chi connectivity index (χ0n) is 18.8. The fourth-order valence-electron chi connectivity index (χ4n) is 6.25. The van der Waals surface area contributed by atoms with E-state index in [9.17, 15) is 24.6 Å². The van der Waals surface area contributed by atoms with Crippen molar-refractivity contribution in [3.8, 4) is 0 Å². The summed E-state index contributed by atoms with van der Waals surface area (Å²) in [6, 6.07) is 4.23. The molecule has 1 aromatic rings. The molecule has 0 saturated carbocycles. The summed E-state index contributed by atoms with van der Waals surface area (Å²) in [5, 5.41) is 20.1. The second-order valence-electron chi connectivity index (χ2n) is 9.07. The van der Waals surface area contributed by atoms with E-state index in [0.717, 1.165) is 5.56 Å². The van der Waals surface area contributed by atoms with Gasteiger partial charge < -0.3 is 24.7 Å². The van der Waals surface area contributed by atoms with Crippen LogP contribution in [0.15, 0.2) is 30.9 Å². The molecule has 3 heterocycles. The molecule has 2 unspecified atom stereocenters. The molecule has 0 radical (unpaired) electrons. The largest absolute Gasteiger partial charge is 0.481 e. The third-order valence-corrected chi connectivity index (χ3v) is 7.86. The van der Waals surface area contributed by atoms with Crippen LogP contribution in [0.4, 0.5) is 5.69 Å². The Labute approximate surface area is 197 Å². The summed E-state index contributed by atoms with van der Waals surface area (Å²) in [6.07, 6.45) is 2.84. The van der Waals surface area contributed by atoms with Crippen LogP contribution in [0.2, 0.25) is 5.02 Å². The maximum absolute atomic E-state index is 14.2. The van der Waals surface area contributed by atoms with Crippen LogP contribution in [0.3, 0.4) is 0 Å². The molecule has 3 fully saturated rings. The van der Waals surface area contributed by atoms with Gasteiger partial charge in [0.2, 0.25) is 5.91 Å². The molecule has 3 saturated heterocycles. The molecular formula is C24H29ClN2O6. The molecule has 2 N–H and O–H groups in total. The molecule has 3 aliphatic rings. The Hall–Kier alpha value is -2.42. The van der Waals surface area contributed by atoms with Crippen LogP contribution in [-0.2, 0) is 19.1 Å². The van der Waals surface area contributed by atoms with E-state index in [0.29, 0.717) is 30.0 Å². The normalized spacial score (nSPS) is 32.2. The van der Waals surface area contributed by atoms with Crippen LogP contribution in [0.25, 0.3) is 0 Å². The van der Waals surface area contributed by atoms with Gasteiger partial charge in [0, 0.05) is 13.1 Å². The van der Waals surface area contributed by atoms with Gasteiger partial charge in [0.05, 0.1) is 28.8 Å². The highest BCUT2D eigenvalue weighted by atomic mass is 35.5. The number of likely N-dealkylation sites (tertiary alicyclic amines) is 1. The first-order valence-corrected chi connectivity index (χ1v) is 11.6. The summed E-state index contributed by atoms with van der Waals surface area (Å²) >= 11 is 6.48. The van der Waals surface area contributed by atoms with Crippen molar-refractivity contribution in [3.63, 3.8) is 0 Å². The summed E-state index contributed by atoms with van der Waals surface area (Å²) in [6.45, 7) is 7.14. The minimum atomic E-state index is -1.27. The number of rotatable bonds is 8. The molecule has 1 aromatic carbocycles. The first-order valence-electron chi connectivity index (χ1n) is 11.2. The number of hydrogen-bond acceptors (Lipinski definition) is 5. The summed E-state index contributed by atoms with van der Waals surface area (Å²) in [7, 11) is 0. The molecule has 8 nitrogen and oxygen atoms in total. The Bertz CT molecular complexity index is 994. The minimum Gasteiger partial charge on any atom is -0.481 e. The van der Waals surface area contributed by atoms with E-state index in [1.807, 2.05) is 19.9 Å². The van der Waals surface area contributed by atoms with Crippen molar-refractivity contribution in [3.05, 3.63) is 41.4 Å². The third-order valence-electron chi connectivity index (χ3n) is 7.56. The number of hydrogen-bond donors (Lipinski definition) is 2. The number of nitrogens with zero attached hydrogens (tertiary/aromatic N) is 2. The molecular weight excluding hydrogens is 448 g/mol. The van der Waals surface area contributed by atoms with E-state index >= 15 is 0 Å². The average molecular weight is 477 g/mol. The predicted molar refractivity (Wildman–Crippen MR) is 122 cm³/mol. The maximum Gasteiger partial charge on any atom is 0.310 e. The van der Waals surface area contributed by atoms with Gasteiger partial charge in [-0.1, -0.05) is 36.7 Å². The summed E-state index contributed by atoms with van der Waals surface area (Å²) in [4.78, 5) is 42.8. The standard InChI is InChI=1S/C24H29ClN2O6/c1-4-11-26(18-14(3)7-6-8-15(18)25)21(30)19-24-10-9-23(5-2,33-24)17(22(31)32)16(24)20(29)27(19)12-13-28/h4,6-8,16-17,19,28H,1,5,9-13H2,2-3H3,(H,31,32)/t16-,17-,19?,23+,24?/m0/s1. The quantitative estimate of drug-likeness (QED) is 0.558. The Kier molecular flexibility index (Phi) is 6.05. The van der Waals surface area contributed by atoms with Crippen molar-refractivity contribution in [1.82, 2.24) is 4.90 Å². The first-order chi connectivity index (χ1) is 15.7. The van der Waals surface area contributed by atoms with Crippen molar-refractivity contribution in [2.24, 2.45) is 11.8 Å². The molecule has 3 aliphatic heterocycles. The number of aliphatic hydroxyl groups is 1. The molecule has 2 bridgehead atoms. The van der Waals surface area contributed by atoms with Gasteiger partial charge in [-0.3, -0.25) is 14.4 Å². The highest BCUT2D eigenvalue weighted by molar-refractivity contribution is 6.34. The lowest BCUT2D eigenvalue weighted by molar-refractivity contribution is -0.155. The van der Waals surface area contributed by atoms with Crippen LogP contribution in [0, 0.1) is 18.8 Å². The van der Waals surface area contributed by atoms with E-state index in [4.69, 9.17) is 16.3 Å². The molecule has 2 amide bonds. The fraction of sp³-hybridized carbons (Fsp3) is 0.542. The predicted octanol–water partition coefficient (Wildman–Crippen LogP) is 2.40. The Balaban J connectivity index is 1.86. The van der Waals surface area contributed by atoms with Crippen molar-refractivity contribution in [1.29, 1.82) is 0 Å². The lowest BCUT2D eigenvalue weighted by Gasteiger charge is -2.37. The fourth-order valence-corrected chi connectivity index (χ4v) is 6.58. The van der Waals surface area contributed by atoms with E-state index in [2.05, 4.69) is 6.58 Å². The Morgan fingerprint density at radius 3 is 2.70 bits per heavy atom. The van der Waals surface area contributed by atoms with Crippen LogP contribution in [-0.4, -0.2) is 69.8 Å². The smallest absolute Gasteiger partial charge is 0.310 e. The van der Waals surface area contributed by atoms with Crippen molar-refractivity contribution >= 4 is 35.1 Å². The molecule has 1 spiro atoms. The van der Waals surface area contributed by atoms with Crippen molar-refractivity contribution in [2.45, 2.75) is 50.4 Å². The third kappa shape index (κ3) is 3.22. The van der Waals surface area contributed by atoms with Gasteiger partial charge in [-0.05, 0) is 37.8 Å². The van der Waals surface area contributed by atoms with E-state index < -0.39 is 46.9 Å². The second-order valence-corrected chi connectivity index (χ2v) is 9.48. The first kappa shape index (κ1) is 23.7. The molecule has 0 aromatic heterocycles. The van der Waals surface area contributed by atoms with Crippen molar-refractivity contribution < 1.29 is 29.3 Å². The monoisotopic (exact) mass is 476 g/mol. The molecule has 4 rings (SSSR count). The van der Waals surface area contributed by atoms with Crippen LogP contribution in [0.1, 0.15) is 31.7 Å². The second kappa shape index (κ2) is 8.42. The van der Waals surface area contributed by atoms with Gasteiger partial charge in [-0.2, -0.15) is 0 Å². The molecule has 33 heavy (non-hydrogen) atoms. The number of aryl methyl sites for hydroxylation is 1. The number of carboxylic acid groups (broad SMARTS) is 1. The topological polar surface area (TPSA) is 107 Å². The zero-order valence-corrected chi connectivity index (χ0v) is 19.5. The van der Waals surface area contributed by atoms with Gasteiger partial charge in [-0.15, -0.1) is 6.58 Å². The van der Waals surface area contributed by atoms with Crippen LogP contribution in [0.5, 0.6) is 0 Å². The number of carbonyl (C=O) groups excluding carboxylic acids is 2. The zero-order chi connectivity index (χ0) is 24.1. The van der Waals surface area contributed by atoms with Gasteiger partial charge >= 0.3 is 5.97 Å². The van der Waals surface area contributed by atoms with Crippen molar-refractivity contribution in [2.75, 3.05) is 24.6 Å². The maximum atomic E-state index is 14.2. The SMILES string of the molecule is C=CCN(C(=O)C1N(CCO)C(=O)[C@@H]2[C@@H](C(=O)O)[C@@]3(CC)CCC12O3)c1c(C)cccc1Cl. The molecule has 0 aliphatic carbocycles. The highest BCUT2D eigenvalue weighted by Crippen LogP contribution is 2.64. The number of carboxylic acids is 1. The van der Waals surface area contributed by atoms with E-state index in [1.165, 1.54) is 9.80 Å². The molecule has 5 atom stereocenters. The Morgan fingerprint density at radius 2 is 2.12 bits per heavy atom. The lowest BCUT2D eigenvalue weighted by atomic mass is 9.65. The number of ether oxygens (including phenoxy) is 1. The summed E-state index contributed by atoms with van der Waals surface area (Å²) in [5.41, 5.74) is -0.973. The van der Waals surface area contributed by atoms with Gasteiger partial charge in [0.1, 0.15) is 17.6 Å². The number of aliphatic hydroxyl groups excluding tert-OH is 1. The van der Waals surface area contributed by atoms with Gasteiger partial charge in [0.25, 0.3) is 5.91 Å². The number of aliphatic carboxylic acids is 1. The molecule has 178 valence electrons. The highest BCUT2D eigenvalue weighted by Gasteiger charge is 2.79. The Morgan fingerprint density at radius 1 is 1.39 bits per heavy atom. The number of amides is 2. The van der Waals surface area contributed by atoms with Gasteiger partial charge in [0.15, 0.2) is 0 Å². The number of fused-ring (bicyclic) bond motifs is 1. The summed E-state index contributed by atoms with van der Waals surface area (Å²) < 4.78 is 6.47. The summed E-state index contributed by atoms with van der Waals surface area (Å²) in [5.74, 6) is -4.01. The van der Waals surface area contributed by atoms with Crippen LogP contribution >= 0.6 is 11.6 Å².